The van der Waals surface area contributed by atoms with Crippen LogP contribution in [0.5, 0.6) is 5.75 Å². The fourth-order valence-corrected chi connectivity index (χ4v) is 4.08. The van der Waals surface area contributed by atoms with Gasteiger partial charge in [-0.25, -0.2) is 0 Å². The van der Waals surface area contributed by atoms with Gasteiger partial charge in [0, 0.05) is 0 Å². The van der Waals surface area contributed by atoms with Crippen molar-refractivity contribution in [2.24, 2.45) is 0 Å². The van der Waals surface area contributed by atoms with Gasteiger partial charge < -0.3 is 23.7 Å². The standard InChI is InChI=1S/C30H34O5/c1-23-28(33-21-26-13-15-27(31-2)16-14-26)17-18-29(34-20-25-11-7-4-8-12-25)30(35-23)22-32-19-24-9-5-3-6-10-24/h3-16,28-30H,1,17-22H2,2H3/t28-,29+,30-/m0/s1. The third-order valence-electron chi connectivity index (χ3n) is 6.10. The molecule has 0 bridgehead atoms. The second-order valence-electron chi connectivity index (χ2n) is 8.68. The van der Waals surface area contributed by atoms with E-state index in [0.717, 1.165) is 35.3 Å². The lowest BCUT2D eigenvalue weighted by molar-refractivity contribution is -0.0915. The topological polar surface area (TPSA) is 46.2 Å². The smallest absolute Gasteiger partial charge is 0.148 e. The molecule has 4 rings (SSSR count). The van der Waals surface area contributed by atoms with E-state index in [2.05, 4.69) is 30.8 Å². The SMILES string of the molecule is C=C1O[C@@H](COCc2ccccc2)[C@H](OCc2ccccc2)CC[C@@H]1OCc1ccc(OC)cc1. The molecule has 0 unspecified atom stereocenters. The maximum Gasteiger partial charge on any atom is 0.148 e. The first-order valence-electron chi connectivity index (χ1n) is 12.1. The normalized spacial score (nSPS) is 20.1. The van der Waals surface area contributed by atoms with Gasteiger partial charge in [-0.1, -0.05) is 79.4 Å². The molecule has 0 aliphatic carbocycles. The van der Waals surface area contributed by atoms with Crippen molar-refractivity contribution in [3.05, 3.63) is 114 Å². The second-order valence-corrected chi connectivity index (χ2v) is 8.68. The Morgan fingerprint density at radius 3 is 2.00 bits per heavy atom. The summed E-state index contributed by atoms with van der Waals surface area (Å²) in [6.45, 7) is 6.12. The lowest BCUT2D eigenvalue weighted by atomic mass is 10.1. The predicted molar refractivity (Wildman–Crippen MR) is 136 cm³/mol. The Balaban J connectivity index is 1.37. The molecule has 3 aromatic rings. The van der Waals surface area contributed by atoms with Crippen LogP contribution in [0, 0.1) is 0 Å². The van der Waals surface area contributed by atoms with Crippen molar-refractivity contribution in [2.45, 2.75) is 51.0 Å². The third kappa shape index (κ3) is 7.69. The minimum absolute atomic E-state index is 0.127. The fraction of sp³-hybridized carbons (Fsp3) is 0.333. The molecule has 0 radical (unpaired) electrons. The summed E-state index contributed by atoms with van der Waals surface area (Å²) in [6, 6.07) is 28.2. The lowest BCUT2D eigenvalue weighted by Gasteiger charge is -2.26. The molecular formula is C30H34O5. The van der Waals surface area contributed by atoms with Gasteiger partial charge in [0.1, 0.15) is 23.7 Å². The van der Waals surface area contributed by atoms with E-state index in [-0.39, 0.29) is 18.3 Å². The highest BCUT2D eigenvalue weighted by Gasteiger charge is 2.32. The van der Waals surface area contributed by atoms with E-state index in [1.807, 2.05) is 60.7 Å². The maximum atomic E-state index is 6.33. The summed E-state index contributed by atoms with van der Waals surface area (Å²) in [4.78, 5) is 0. The van der Waals surface area contributed by atoms with Crippen molar-refractivity contribution in [1.29, 1.82) is 0 Å². The van der Waals surface area contributed by atoms with Crippen LogP contribution in [0.15, 0.2) is 97.3 Å². The summed E-state index contributed by atoms with van der Waals surface area (Å²) in [6.07, 6.45) is 0.961. The van der Waals surface area contributed by atoms with E-state index in [9.17, 15) is 0 Å². The zero-order chi connectivity index (χ0) is 24.3. The van der Waals surface area contributed by atoms with Crippen molar-refractivity contribution < 1.29 is 23.7 Å². The number of hydrogen-bond acceptors (Lipinski definition) is 5. The summed E-state index contributed by atoms with van der Waals surface area (Å²) >= 11 is 0. The van der Waals surface area contributed by atoms with E-state index in [1.165, 1.54) is 0 Å². The summed E-state index contributed by atoms with van der Waals surface area (Å²) in [5.41, 5.74) is 3.33. The zero-order valence-electron chi connectivity index (χ0n) is 20.3. The number of hydrogen-bond donors (Lipinski definition) is 0. The Morgan fingerprint density at radius 2 is 1.34 bits per heavy atom. The fourth-order valence-electron chi connectivity index (χ4n) is 4.08. The first kappa shape index (κ1) is 25.0. The van der Waals surface area contributed by atoms with Crippen LogP contribution in [-0.4, -0.2) is 32.0 Å². The molecule has 3 atom stereocenters. The third-order valence-corrected chi connectivity index (χ3v) is 6.10. The van der Waals surface area contributed by atoms with Crippen LogP contribution in [0.25, 0.3) is 0 Å². The maximum absolute atomic E-state index is 6.33. The van der Waals surface area contributed by atoms with Crippen LogP contribution in [0.2, 0.25) is 0 Å². The first-order valence-corrected chi connectivity index (χ1v) is 12.1. The molecule has 184 valence electrons. The highest BCUT2D eigenvalue weighted by atomic mass is 16.6. The van der Waals surface area contributed by atoms with Gasteiger partial charge >= 0.3 is 0 Å². The number of methoxy groups -OCH3 is 1. The average Bonchev–Trinajstić information content (AvgIpc) is 3.05. The van der Waals surface area contributed by atoms with Gasteiger partial charge in [0.15, 0.2) is 0 Å². The van der Waals surface area contributed by atoms with E-state index in [4.69, 9.17) is 23.7 Å². The molecule has 0 aromatic heterocycles. The van der Waals surface area contributed by atoms with E-state index in [0.29, 0.717) is 32.2 Å². The highest BCUT2D eigenvalue weighted by Crippen LogP contribution is 2.27. The van der Waals surface area contributed by atoms with E-state index in [1.54, 1.807) is 7.11 Å². The summed E-state index contributed by atoms with van der Waals surface area (Å²) in [7, 11) is 1.66. The lowest BCUT2D eigenvalue weighted by Crippen LogP contribution is -2.34. The van der Waals surface area contributed by atoms with Crippen molar-refractivity contribution in [2.75, 3.05) is 13.7 Å². The quantitative estimate of drug-likeness (QED) is 0.337. The molecular weight excluding hydrogens is 440 g/mol. The zero-order valence-corrected chi connectivity index (χ0v) is 20.3. The van der Waals surface area contributed by atoms with Crippen LogP contribution in [-0.2, 0) is 38.8 Å². The van der Waals surface area contributed by atoms with Crippen molar-refractivity contribution >= 4 is 0 Å². The van der Waals surface area contributed by atoms with Gasteiger partial charge in [-0.3, -0.25) is 0 Å². The second kappa shape index (κ2) is 13.1. The van der Waals surface area contributed by atoms with E-state index >= 15 is 0 Å². The highest BCUT2D eigenvalue weighted by molar-refractivity contribution is 5.26. The minimum atomic E-state index is -0.260. The molecule has 1 aliphatic heterocycles. The number of ether oxygens (including phenoxy) is 5. The van der Waals surface area contributed by atoms with Crippen molar-refractivity contribution in [1.82, 2.24) is 0 Å². The molecule has 5 nitrogen and oxygen atoms in total. The molecule has 1 saturated heterocycles. The number of rotatable bonds is 11. The van der Waals surface area contributed by atoms with Crippen LogP contribution >= 0.6 is 0 Å². The van der Waals surface area contributed by atoms with Gasteiger partial charge in [0.25, 0.3) is 0 Å². The average molecular weight is 475 g/mol. The largest absolute Gasteiger partial charge is 0.497 e. The van der Waals surface area contributed by atoms with Crippen LogP contribution < -0.4 is 4.74 Å². The Kier molecular flexibility index (Phi) is 9.35. The molecule has 0 amide bonds. The molecule has 0 saturated carbocycles. The molecule has 35 heavy (non-hydrogen) atoms. The Hall–Kier alpha value is -3.12. The summed E-state index contributed by atoms with van der Waals surface area (Å²) in [5, 5.41) is 0. The van der Waals surface area contributed by atoms with Gasteiger partial charge in [-0.15, -0.1) is 0 Å². The Labute approximate surface area is 208 Å². The molecule has 3 aromatic carbocycles. The van der Waals surface area contributed by atoms with Gasteiger partial charge in [0.05, 0.1) is 39.6 Å². The predicted octanol–water partition coefficient (Wildman–Crippen LogP) is 6.08. The van der Waals surface area contributed by atoms with Gasteiger partial charge in [-0.05, 0) is 41.7 Å². The molecule has 0 N–H and O–H groups in total. The van der Waals surface area contributed by atoms with Crippen molar-refractivity contribution in [3.8, 4) is 5.75 Å². The van der Waals surface area contributed by atoms with E-state index < -0.39 is 0 Å². The van der Waals surface area contributed by atoms with Gasteiger partial charge in [0.2, 0.25) is 0 Å². The monoisotopic (exact) mass is 474 g/mol. The summed E-state index contributed by atoms with van der Waals surface area (Å²) < 4.78 is 30.1. The first-order chi connectivity index (χ1) is 17.2. The van der Waals surface area contributed by atoms with Crippen LogP contribution in [0.4, 0.5) is 0 Å². The van der Waals surface area contributed by atoms with Crippen LogP contribution in [0.1, 0.15) is 29.5 Å². The Morgan fingerprint density at radius 1 is 0.743 bits per heavy atom. The van der Waals surface area contributed by atoms with Crippen molar-refractivity contribution in [3.63, 3.8) is 0 Å². The molecule has 1 fully saturated rings. The van der Waals surface area contributed by atoms with Crippen LogP contribution in [0.3, 0.4) is 0 Å². The molecule has 0 spiro atoms. The minimum Gasteiger partial charge on any atom is -0.497 e. The molecule has 5 heteroatoms. The molecule has 1 heterocycles. The summed E-state index contributed by atoms with van der Waals surface area (Å²) in [5.74, 6) is 1.45. The Bertz CT molecular complexity index is 1020. The van der Waals surface area contributed by atoms with Gasteiger partial charge in [-0.2, -0.15) is 0 Å². The number of benzene rings is 3. The molecule has 1 aliphatic rings.